The standard InChI is InChI=1S/C12H23N3/c1-6-13-8-12(9(2)3)15-11(5)7-10(4)14-15/h7,9,12-13H,6,8H2,1-5H3. The van der Waals surface area contributed by atoms with Gasteiger partial charge in [-0.05, 0) is 32.4 Å². The highest BCUT2D eigenvalue weighted by molar-refractivity contribution is 5.08. The lowest BCUT2D eigenvalue weighted by molar-refractivity contribution is 0.326. The van der Waals surface area contributed by atoms with E-state index in [9.17, 15) is 0 Å². The van der Waals surface area contributed by atoms with Crippen molar-refractivity contribution in [2.75, 3.05) is 13.1 Å². The Morgan fingerprint density at radius 1 is 1.40 bits per heavy atom. The molecule has 15 heavy (non-hydrogen) atoms. The number of likely N-dealkylation sites (N-methyl/N-ethyl adjacent to an activating group) is 1. The molecule has 0 radical (unpaired) electrons. The molecule has 0 bridgehead atoms. The topological polar surface area (TPSA) is 29.9 Å². The molecule has 3 nitrogen and oxygen atoms in total. The van der Waals surface area contributed by atoms with Crippen LogP contribution in [-0.2, 0) is 0 Å². The van der Waals surface area contributed by atoms with Gasteiger partial charge in [-0.15, -0.1) is 0 Å². The Balaban J connectivity index is 2.83. The molecule has 0 amide bonds. The second-order valence-electron chi connectivity index (χ2n) is 4.49. The lowest BCUT2D eigenvalue weighted by atomic mass is 10.0. The zero-order valence-electron chi connectivity index (χ0n) is 10.5. The molecule has 0 aliphatic carbocycles. The highest BCUT2D eigenvalue weighted by Gasteiger charge is 2.17. The molecule has 0 aromatic carbocycles. The number of aromatic nitrogens is 2. The van der Waals surface area contributed by atoms with Gasteiger partial charge in [0.05, 0.1) is 11.7 Å². The van der Waals surface area contributed by atoms with E-state index in [1.165, 1.54) is 5.69 Å². The Kier molecular flexibility index (Phi) is 4.33. The van der Waals surface area contributed by atoms with Crippen LogP contribution in [0.5, 0.6) is 0 Å². The molecule has 0 fully saturated rings. The zero-order valence-corrected chi connectivity index (χ0v) is 10.5. The Bertz CT molecular complexity index is 302. The third-order valence-corrected chi connectivity index (χ3v) is 2.73. The van der Waals surface area contributed by atoms with E-state index in [2.05, 4.69) is 48.9 Å². The number of hydrogen-bond donors (Lipinski definition) is 1. The molecule has 1 rings (SSSR count). The van der Waals surface area contributed by atoms with Crippen LogP contribution in [0.1, 0.15) is 38.2 Å². The minimum absolute atomic E-state index is 0.457. The summed E-state index contributed by atoms with van der Waals surface area (Å²) in [6.45, 7) is 12.8. The second kappa shape index (κ2) is 5.31. The second-order valence-corrected chi connectivity index (χ2v) is 4.49. The van der Waals surface area contributed by atoms with Gasteiger partial charge in [-0.3, -0.25) is 4.68 Å². The molecule has 1 N–H and O–H groups in total. The fraction of sp³-hybridized carbons (Fsp3) is 0.750. The molecular weight excluding hydrogens is 186 g/mol. The van der Waals surface area contributed by atoms with E-state index in [0.717, 1.165) is 18.8 Å². The summed E-state index contributed by atoms with van der Waals surface area (Å²) >= 11 is 0. The van der Waals surface area contributed by atoms with E-state index in [1.807, 2.05) is 6.92 Å². The maximum Gasteiger partial charge on any atom is 0.0669 e. The van der Waals surface area contributed by atoms with Crippen molar-refractivity contribution >= 4 is 0 Å². The predicted molar refractivity (Wildman–Crippen MR) is 64.1 cm³/mol. The smallest absolute Gasteiger partial charge is 0.0669 e. The third kappa shape index (κ3) is 3.06. The van der Waals surface area contributed by atoms with E-state index in [0.29, 0.717) is 12.0 Å². The first-order chi connectivity index (χ1) is 7.06. The first-order valence-electron chi connectivity index (χ1n) is 5.79. The van der Waals surface area contributed by atoms with Crippen molar-refractivity contribution in [3.05, 3.63) is 17.5 Å². The van der Waals surface area contributed by atoms with Crippen molar-refractivity contribution in [2.45, 2.75) is 40.7 Å². The number of aryl methyl sites for hydroxylation is 2. The normalized spacial score (nSPS) is 13.5. The quantitative estimate of drug-likeness (QED) is 0.806. The van der Waals surface area contributed by atoms with Crippen molar-refractivity contribution in [2.24, 2.45) is 5.92 Å². The average molecular weight is 209 g/mol. The monoisotopic (exact) mass is 209 g/mol. The first-order valence-corrected chi connectivity index (χ1v) is 5.79. The molecule has 1 atom stereocenters. The SMILES string of the molecule is CCNCC(C(C)C)n1nc(C)cc1C. The summed E-state index contributed by atoms with van der Waals surface area (Å²) in [7, 11) is 0. The van der Waals surface area contributed by atoms with Gasteiger partial charge in [0.2, 0.25) is 0 Å². The molecule has 86 valence electrons. The van der Waals surface area contributed by atoms with Crippen LogP contribution in [0.15, 0.2) is 6.07 Å². The van der Waals surface area contributed by atoms with E-state index in [4.69, 9.17) is 0 Å². The van der Waals surface area contributed by atoms with Crippen molar-refractivity contribution < 1.29 is 0 Å². The maximum absolute atomic E-state index is 4.56. The zero-order chi connectivity index (χ0) is 11.4. The summed E-state index contributed by atoms with van der Waals surface area (Å²) in [6.07, 6.45) is 0. The number of nitrogens with zero attached hydrogens (tertiary/aromatic N) is 2. The van der Waals surface area contributed by atoms with Gasteiger partial charge in [-0.2, -0.15) is 5.10 Å². The first kappa shape index (κ1) is 12.2. The van der Waals surface area contributed by atoms with Crippen LogP contribution in [0.2, 0.25) is 0 Å². The van der Waals surface area contributed by atoms with Gasteiger partial charge in [0.25, 0.3) is 0 Å². The predicted octanol–water partition coefficient (Wildman–Crippen LogP) is 2.31. The molecule has 0 aliphatic heterocycles. The summed E-state index contributed by atoms with van der Waals surface area (Å²) in [5.74, 6) is 0.599. The fourth-order valence-electron chi connectivity index (χ4n) is 1.88. The third-order valence-electron chi connectivity index (χ3n) is 2.73. The molecule has 3 heteroatoms. The Morgan fingerprint density at radius 2 is 2.07 bits per heavy atom. The van der Waals surface area contributed by atoms with E-state index >= 15 is 0 Å². The van der Waals surface area contributed by atoms with E-state index < -0.39 is 0 Å². The van der Waals surface area contributed by atoms with Crippen molar-refractivity contribution in [1.29, 1.82) is 0 Å². The summed E-state index contributed by atoms with van der Waals surface area (Å²) in [6, 6.07) is 2.60. The lowest BCUT2D eigenvalue weighted by Gasteiger charge is -2.23. The highest BCUT2D eigenvalue weighted by Crippen LogP contribution is 2.18. The van der Waals surface area contributed by atoms with Gasteiger partial charge in [0.1, 0.15) is 0 Å². The van der Waals surface area contributed by atoms with Gasteiger partial charge in [0, 0.05) is 12.2 Å². The molecule has 1 unspecified atom stereocenters. The molecule has 0 spiro atoms. The van der Waals surface area contributed by atoms with Gasteiger partial charge in [0.15, 0.2) is 0 Å². The van der Waals surface area contributed by atoms with Crippen LogP contribution >= 0.6 is 0 Å². The fourth-order valence-corrected chi connectivity index (χ4v) is 1.88. The van der Waals surface area contributed by atoms with Crippen LogP contribution in [0, 0.1) is 19.8 Å². The molecule has 1 aromatic heterocycles. The van der Waals surface area contributed by atoms with E-state index in [1.54, 1.807) is 0 Å². The van der Waals surface area contributed by atoms with Crippen LogP contribution in [0.3, 0.4) is 0 Å². The van der Waals surface area contributed by atoms with Gasteiger partial charge in [-0.1, -0.05) is 20.8 Å². The average Bonchev–Trinajstić information content (AvgIpc) is 2.46. The number of rotatable bonds is 5. The lowest BCUT2D eigenvalue weighted by Crippen LogP contribution is -2.30. The van der Waals surface area contributed by atoms with Crippen LogP contribution in [0.25, 0.3) is 0 Å². The Hall–Kier alpha value is -0.830. The summed E-state index contributed by atoms with van der Waals surface area (Å²) in [5.41, 5.74) is 2.36. The summed E-state index contributed by atoms with van der Waals surface area (Å²) < 4.78 is 2.16. The van der Waals surface area contributed by atoms with Gasteiger partial charge < -0.3 is 5.32 Å². The van der Waals surface area contributed by atoms with Crippen LogP contribution in [-0.4, -0.2) is 22.9 Å². The van der Waals surface area contributed by atoms with E-state index in [-0.39, 0.29) is 0 Å². The molecule has 0 aliphatic rings. The number of hydrogen-bond acceptors (Lipinski definition) is 2. The molecular formula is C12H23N3. The van der Waals surface area contributed by atoms with Gasteiger partial charge >= 0.3 is 0 Å². The van der Waals surface area contributed by atoms with Gasteiger partial charge in [-0.25, -0.2) is 0 Å². The van der Waals surface area contributed by atoms with Crippen molar-refractivity contribution in [3.8, 4) is 0 Å². The van der Waals surface area contributed by atoms with Crippen molar-refractivity contribution in [3.63, 3.8) is 0 Å². The Labute approximate surface area is 92.9 Å². The van der Waals surface area contributed by atoms with Crippen molar-refractivity contribution in [1.82, 2.24) is 15.1 Å². The van der Waals surface area contributed by atoms with Crippen LogP contribution < -0.4 is 5.32 Å². The minimum atomic E-state index is 0.457. The number of nitrogens with one attached hydrogen (secondary N) is 1. The van der Waals surface area contributed by atoms with Crippen LogP contribution in [0.4, 0.5) is 0 Å². The highest BCUT2D eigenvalue weighted by atomic mass is 15.3. The largest absolute Gasteiger partial charge is 0.315 e. The Morgan fingerprint density at radius 3 is 2.47 bits per heavy atom. The summed E-state index contributed by atoms with van der Waals surface area (Å²) in [5, 5.41) is 7.97. The summed E-state index contributed by atoms with van der Waals surface area (Å²) in [4.78, 5) is 0. The maximum atomic E-state index is 4.56. The molecule has 1 aromatic rings. The molecule has 1 heterocycles. The molecule has 0 saturated heterocycles. The minimum Gasteiger partial charge on any atom is -0.315 e. The molecule has 0 saturated carbocycles.